The fraction of sp³-hybridized carbons (Fsp3) is 0.409. The number of nitrogens with zero attached hydrogens (tertiary/aromatic N) is 1. The first-order valence-corrected chi connectivity index (χ1v) is 9.99. The van der Waals surface area contributed by atoms with Crippen molar-refractivity contribution in [2.45, 2.75) is 24.7 Å². The van der Waals surface area contributed by atoms with Gasteiger partial charge in [0.05, 0.1) is 32.3 Å². The predicted molar refractivity (Wildman–Crippen MR) is 108 cm³/mol. The van der Waals surface area contributed by atoms with Crippen LogP contribution in [-0.2, 0) is 15.9 Å². The molecule has 2 aromatic carbocycles. The van der Waals surface area contributed by atoms with Crippen LogP contribution in [0.4, 0.5) is 14.9 Å². The first-order chi connectivity index (χ1) is 14.2. The van der Waals surface area contributed by atoms with Gasteiger partial charge in [0.25, 0.3) is 0 Å². The molecule has 2 N–H and O–H groups in total. The lowest BCUT2D eigenvalue weighted by atomic mass is 10.1. The van der Waals surface area contributed by atoms with Crippen molar-refractivity contribution in [3.63, 3.8) is 0 Å². The molecule has 2 aliphatic heterocycles. The number of urea groups is 1. The highest BCUT2D eigenvalue weighted by Gasteiger charge is 2.39. The van der Waals surface area contributed by atoms with Gasteiger partial charge in [0.1, 0.15) is 18.0 Å². The van der Waals surface area contributed by atoms with Crippen molar-refractivity contribution in [2.24, 2.45) is 0 Å². The van der Waals surface area contributed by atoms with Gasteiger partial charge in [-0.05, 0) is 30.2 Å². The Kier molecular flexibility index (Phi) is 6.27. The summed E-state index contributed by atoms with van der Waals surface area (Å²) in [6, 6.07) is 16.3. The maximum atomic E-state index is 13.3. The van der Waals surface area contributed by atoms with E-state index in [0.717, 1.165) is 6.42 Å². The summed E-state index contributed by atoms with van der Waals surface area (Å²) < 4.78 is 25.3. The summed E-state index contributed by atoms with van der Waals surface area (Å²) in [4.78, 5) is 14.2. The molecule has 2 fully saturated rings. The number of hydrogen-bond acceptors (Lipinski definition) is 4. The number of hydrogen-bond donors (Lipinski definition) is 2. The second-order valence-corrected chi connectivity index (χ2v) is 7.47. The molecule has 2 saturated heterocycles. The minimum absolute atomic E-state index is 0.0597. The van der Waals surface area contributed by atoms with Crippen LogP contribution in [0.2, 0.25) is 0 Å². The largest absolute Gasteiger partial charge is 0.378 e. The lowest BCUT2D eigenvalue weighted by molar-refractivity contribution is -0.00461. The van der Waals surface area contributed by atoms with Crippen LogP contribution < -0.4 is 10.6 Å². The summed E-state index contributed by atoms with van der Waals surface area (Å²) in [5, 5.41) is 6.22. The Morgan fingerprint density at radius 3 is 2.45 bits per heavy atom. The fourth-order valence-corrected chi connectivity index (χ4v) is 3.73. The van der Waals surface area contributed by atoms with Crippen LogP contribution in [-0.4, -0.2) is 62.0 Å². The van der Waals surface area contributed by atoms with E-state index in [9.17, 15) is 9.18 Å². The zero-order chi connectivity index (χ0) is 20.1. The molecule has 7 heteroatoms. The Balaban J connectivity index is 1.22. The van der Waals surface area contributed by atoms with E-state index < -0.39 is 0 Å². The number of amides is 2. The van der Waals surface area contributed by atoms with E-state index in [1.807, 2.05) is 24.3 Å². The van der Waals surface area contributed by atoms with Gasteiger partial charge in [-0.15, -0.1) is 0 Å². The summed E-state index contributed by atoms with van der Waals surface area (Å²) in [6.07, 6.45) is 0.511. The second-order valence-electron chi connectivity index (χ2n) is 7.47. The Morgan fingerprint density at radius 1 is 1.03 bits per heavy atom. The summed E-state index contributed by atoms with van der Waals surface area (Å²) in [5.74, 6) is -0.281. The van der Waals surface area contributed by atoms with E-state index in [-0.39, 0.29) is 30.1 Å². The van der Waals surface area contributed by atoms with E-state index in [1.54, 1.807) is 11.0 Å². The van der Waals surface area contributed by atoms with Gasteiger partial charge in [-0.1, -0.05) is 36.4 Å². The first kappa shape index (κ1) is 19.7. The molecule has 0 aliphatic carbocycles. The lowest BCUT2D eigenvalue weighted by Gasteiger charge is -2.20. The molecule has 0 saturated carbocycles. The molecule has 0 bridgehead atoms. The average Bonchev–Trinajstić information content (AvgIpc) is 3.05. The highest BCUT2D eigenvalue weighted by molar-refractivity contribution is 5.74. The third kappa shape index (κ3) is 5.25. The molecule has 4 rings (SSSR count). The van der Waals surface area contributed by atoms with E-state index in [1.165, 1.54) is 17.7 Å². The zero-order valence-electron chi connectivity index (χ0n) is 16.2. The number of anilines is 1. The first-order valence-electron chi connectivity index (χ1n) is 9.99. The number of halogens is 1. The summed E-state index contributed by atoms with van der Waals surface area (Å²) in [5.41, 5.74) is 1.90. The van der Waals surface area contributed by atoms with E-state index >= 15 is 0 Å². The molecule has 0 spiro atoms. The van der Waals surface area contributed by atoms with Crippen molar-refractivity contribution in [1.29, 1.82) is 0 Å². The lowest BCUT2D eigenvalue weighted by Crippen LogP contribution is -2.40. The molecule has 6 nitrogen and oxygen atoms in total. The maximum Gasteiger partial charge on any atom is 0.317 e. The number of rotatable bonds is 5. The standard InChI is InChI=1S/C22H26FN3O3/c23-17-7-4-8-18(11-17)25-19-14-28-20-12-26(13-21(20)29-15-19)22(27)24-10-9-16-5-2-1-3-6-16/h1-8,11,19-21,25H,9-10,12-15H2,(H,24,27)/t20-,21-/m0/s1. The van der Waals surface area contributed by atoms with Gasteiger partial charge in [-0.25, -0.2) is 9.18 Å². The maximum absolute atomic E-state index is 13.3. The minimum atomic E-state index is -0.281. The SMILES string of the molecule is O=C(NCCc1ccccc1)N1C[C@@H]2OCC(Nc3cccc(F)c3)CO[C@H]2C1. The van der Waals surface area contributed by atoms with Crippen LogP contribution in [0.25, 0.3) is 0 Å². The predicted octanol–water partition coefficient (Wildman–Crippen LogP) is 2.66. The Morgan fingerprint density at radius 2 is 1.76 bits per heavy atom. The quantitative estimate of drug-likeness (QED) is 0.812. The highest BCUT2D eigenvalue weighted by atomic mass is 19.1. The molecule has 154 valence electrons. The number of carbonyl (C=O) groups is 1. The minimum Gasteiger partial charge on any atom is -0.378 e. The molecule has 0 aromatic heterocycles. The molecule has 0 radical (unpaired) electrons. The van der Waals surface area contributed by atoms with Gasteiger partial charge in [0.2, 0.25) is 0 Å². The number of fused-ring (bicyclic) bond motifs is 1. The van der Waals surface area contributed by atoms with Crippen molar-refractivity contribution < 1.29 is 18.7 Å². The number of ether oxygens (including phenoxy) is 2. The van der Waals surface area contributed by atoms with Gasteiger partial charge < -0.3 is 25.0 Å². The van der Waals surface area contributed by atoms with E-state index in [0.29, 0.717) is 38.5 Å². The van der Waals surface area contributed by atoms with Crippen LogP contribution in [0, 0.1) is 5.82 Å². The summed E-state index contributed by atoms with van der Waals surface area (Å²) >= 11 is 0. The molecular weight excluding hydrogens is 373 g/mol. The Hall–Kier alpha value is -2.64. The Bertz CT molecular complexity index is 804. The zero-order valence-corrected chi connectivity index (χ0v) is 16.2. The molecule has 2 atom stereocenters. The second kappa shape index (κ2) is 9.24. The van der Waals surface area contributed by atoms with Crippen molar-refractivity contribution in [1.82, 2.24) is 10.2 Å². The van der Waals surface area contributed by atoms with Gasteiger partial charge in [-0.3, -0.25) is 0 Å². The topological polar surface area (TPSA) is 62.8 Å². The third-order valence-corrected chi connectivity index (χ3v) is 5.25. The van der Waals surface area contributed by atoms with Gasteiger partial charge in [-0.2, -0.15) is 0 Å². The van der Waals surface area contributed by atoms with Crippen LogP contribution in [0.15, 0.2) is 54.6 Å². The van der Waals surface area contributed by atoms with Crippen molar-refractivity contribution in [2.75, 3.05) is 38.2 Å². The monoisotopic (exact) mass is 399 g/mol. The molecular formula is C22H26FN3O3. The molecule has 0 unspecified atom stereocenters. The molecule has 29 heavy (non-hydrogen) atoms. The number of carbonyl (C=O) groups excluding carboxylic acids is 1. The molecule has 2 heterocycles. The van der Waals surface area contributed by atoms with Gasteiger partial charge in [0.15, 0.2) is 0 Å². The smallest absolute Gasteiger partial charge is 0.317 e. The van der Waals surface area contributed by atoms with Gasteiger partial charge in [0, 0.05) is 12.2 Å². The number of benzene rings is 2. The fourth-order valence-electron chi connectivity index (χ4n) is 3.73. The van der Waals surface area contributed by atoms with E-state index in [4.69, 9.17) is 9.47 Å². The van der Waals surface area contributed by atoms with E-state index in [2.05, 4.69) is 22.8 Å². The average molecular weight is 399 g/mol. The molecule has 2 aliphatic rings. The summed E-state index contributed by atoms with van der Waals surface area (Å²) in [7, 11) is 0. The van der Waals surface area contributed by atoms with Crippen LogP contribution in [0.1, 0.15) is 5.56 Å². The van der Waals surface area contributed by atoms with Crippen LogP contribution >= 0.6 is 0 Å². The normalized spacial score (nSPS) is 22.0. The number of nitrogens with one attached hydrogen (secondary N) is 2. The van der Waals surface area contributed by atoms with Crippen LogP contribution in [0.3, 0.4) is 0 Å². The third-order valence-electron chi connectivity index (χ3n) is 5.25. The van der Waals surface area contributed by atoms with Crippen LogP contribution in [0.5, 0.6) is 0 Å². The van der Waals surface area contributed by atoms with Gasteiger partial charge >= 0.3 is 6.03 Å². The van der Waals surface area contributed by atoms with Crippen molar-refractivity contribution >= 4 is 11.7 Å². The Labute approximate surface area is 170 Å². The van der Waals surface area contributed by atoms with Crippen molar-refractivity contribution in [3.05, 3.63) is 66.0 Å². The highest BCUT2D eigenvalue weighted by Crippen LogP contribution is 2.21. The molecule has 2 amide bonds. The van der Waals surface area contributed by atoms with Crippen molar-refractivity contribution in [3.8, 4) is 0 Å². The number of likely N-dealkylation sites (tertiary alicyclic amines) is 1. The molecule has 2 aromatic rings. The summed E-state index contributed by atoms with van der Waals surface area (Å²) in [6.45, 7) is 2.50.